The topological polar surface area (TPSA) is 38.7 Å². The highest BCUT2D eigenvalue weighted by Gasteiger charge is 2.00. The third kappa shape index (κ3) is 1.62. The lowest BCUT2D eigenvalue weighted by molar-refractivity contribution is 0.870. The van der Waals surface area contributed by atoms with Crippen molar-refractivity contribution in [1.29, 1.82) is 0 Å². The van der Waals surface area contributed by atoms with E-state index in [1.54, 1.807) is 6.20 Å². The van der Waals surface area contributed by atoms with Crippen molar-refractivity contribution in [2.75, 3.05) is 0 Å². The number of aryl methyl sites for hydroxylation is 2. The fourth-order valence-electron chi connectivity index (χ4n) is 1.30. The standard InChI is InChI=1S/C11H11N3/c1-8-3-4-10(7-9(8)2)11-5-6-12-14-13-11/h3-7H,1-2H3. The summed E-state index contributed by atoms with van der Waals surface area (Å²) in [7, 11) is 0. The fraction of sp³-hybridized carbons (Fsp3) is 0.182. The van der Waals surface area contributed by atoms with Crippen molar-refractivity contribution in [3.05, 3.63) is 41.6 Å². The van der Waals surface area contributed by atoms with Crippen LogP contribution in [0.1, 0.15) is 11.1 Å². The van der Waals surface area contributed by atoms with Gasteiger partial charge >= 0.3 is 0 Å². The summed E-state index contributed by atoms with van der Waals surface area (Å²) in [5, 5.41) is 11.2. The molecule has 0 radical (unpaired) electrons. The molecule has 0 spiro atoms. The molecule has 1 heterocycles. The van der Waals surface area contributed by atoms with E-state index in [0.717, 1.165) is 11.3 Å². The summed E-state index contributed by atoms with van der Waals surface area (Å²) in [4.78, 5) is 0. The van der Waals surface area contributed by atoms with Crippen molar-refractivity contribution < 1.29 is 0 Å². The van der Waals surface area contributed by atoms with Crippen LogP contribution < -0.4 is 0 Å². The molecular formula is C11H11N3. The molecule has 70 valence electrons. The van der Waals surface area contributed by atoms with Crippen molar-refractivity contribution in [2.45, 2.75) is 13.8 Å². The zero-order valence-electron chi connectivity index (χ0n) is 8.23. The number of rotatable bonds is 1. The second-order valence-corrected chi connectivity index (χ2v) is 3.30. The predicted molar refractivity (Wildman–Crippen MR) is 54.7 cm³/mol. The molecule has 3 heteroatoms. The Morgan fingerprint density at radius 3 is 2.50 bits per heavy atom. The lowest BCUT2D eigenvalue weighted by atomic mass is 10.0. The van der Waals surface area contributed by atoms with Gasteiger partial charge in [-0.2, -0.15) is 0 Å². The molecule has 1 aromatic heterocycles. The molecule has 0 aliphatic heterocycles. The quantitative estimate of drug-likeness (QED) is 0.683. The monoisotopic (exact) mass is 185 g/mol. The molecule has 0 bridgehead atoms. The normalized spacial score (nSPS) is 10.1. The van der Waals surface area contributed by atoms with Gasteiger partial charge in [-0.3, -0.25) is 0 Å². The van der Waals surface area contributed by atoms with Crippen molar-refractivity contribution in [3.63, 3.8) is 0 Å². The highest BCUT2D eigenvalue weighted by atomic mass is 15.3. The molecule has 0 fully saturated rings. The summed E-state index contributed by atoms with van der Waals surface area (Å²) in [5.74, 6) is 0. The summed E-state index contributed by atoms with van der Waals surface area (Å²) in [6.45, 7) is 4.19. The van der Waals surface area contributed by atoms with Gasteiger partial charge in [0.1, 0.15) is 0 Å². The Morgan fingerprint density at radius 2 is 1.86 bits per heavy atom. The van der Waals surface area contributed by atoms with Crippen LogP contribution in [0.4, 0.5) is 0 Å². The third-order valence-electron chi connectivity index (χ3n) is 2.31. The van der Waals surface area contributed by atoms with Crippen molar-refractivity contribution >= 4 is 0 Å². The van der Waals surface area contributed by atoms with Crippen molar-refractivity contribution in [1.82, 2.24) is 15.4 Å². The molecule has 0 aliphatic carbocycles. The average Bonchev–Trinajstić information content (AvgIpc) is 2.23. The Labute approximate surface area is 82.8 Å². The summed E-state index contributed by atoms with van der Waals surface area (Å²) in [5.41, 5.74) is 4.50. The van der Waals surface area contributed by atoms with Gasteiger partial charge in [-0.15, -0.1) is 10.2 Å². The molecule has 1 aromatic carbocycles. The van der Waals surface area contributed by atoms with E-state index in [0.29, 0.717) is 0 Å². The van der Waals surface area contributed by atoms with Crippen molar-refractivity contribution in [3.8, 4) is 11.3 Å². The maximum absolute atomic E-state index is 3.96. The van der Waals surface area contributed by atoms with Crippen LogP contribution in [0.5, 0.6) is 0 Å². The van der Waals surface area contributed by atoms with Crippen LogP contribution in [0.2, 0.25) is 0 Å². The largest absolute Gasteiger partial charge is 0.139 e. The van der Waals surface area contributed by atoms with Gasteiger partial charge < -0.3 is 0 Å². The van der Waals surface area contributed by atoms with Crippen LogP contribution >= 0.6 is 0 Å². The van der Waals surface area contributed by atoms with Gasteiger partial charge in [0.25, 0.3) is 0 Å². The van der Waals surface area contributed by atoms with E-state index in [4.69, 9.17) is 0 Å². The Kier molecular flexibility index (Phi) is 2.23. The Bertz CT molecular complexity index is 438. The van der Waals surface area contributed by atoms with Crippen LogP contribution in [-0.4, -0.2) is 15.4 Å². The maximum atomic E-state index is 3.96. The van der Waals surface area contributed by atoms with Crippen molar-refractivity contribution in [2.24, 2.45) is 0 Å². The Morgan fingerprint density at radius 1 is 1.00 bits per heavy atom. The number of nitrogens with zero attached hydrogens (tertiary/aromatic N) is 3. The Hall–Kier alpha value is -1.77. The minimum Gasteiger partial charge on any atom is -0.139 e. The van der Waals surface area contributed by atoms with Crippen LogP contribution in [0.3, 0.4) is 0 Å². The van der Waals surface area contributed by atoms with E-state index in [2.05, 4.69) is 41.4 Å². The molecule has 3 nitrogen and oxygen atoms in total. The van der Waals surface area contributed by atoms with Gasteiger partial charge in [0.2, 0.25) is 0 Å². The van der Waals surface area contributed by atoms with E-state index in [1.165, 1.54) is 11.1 Å². The zero-order chi connectivity index (χ0) is 9.97. The maximum Gasteiger partial charge on any atom is 0.0963 e. The molecular weight excluding hydrogens is 174 g/mol. The Balaban J connectivity index is 2.48. The SMILES string of the molecule is Cc1ccc(-c2ccnnn2)cc1C. The second kappa shape index (κ2) is 3.54. The highest BCUT2D eigenvalue weighted by molar-refractivity contribution is 5.59. The first kappa shape index (κ1) is 8.81. The van der Waals surface area contributed by atoms with E-state index in [1.807, 2.05) is 12.1 Å². The van der Waals surface area contributed by atoms with E-state index >= 15 is 0 Å². The van der Waals surface area contributed by atoms with Gasteiger partial charge in [-0.05, 0) is 42.3 Å². The fourth-order valence-corrected chi connectivity index (χ4v) is 1.30. The number of hydrogen-bond donors (Lipinski definition) is 0. The summed E-state index contributed by atoms with van der Waals surface area (Å²) in [6.07, 6.45) is 1.65. The van der Waals surface area contributed by atoms with Gasteiger partial charge in [0.15, 0.2) is 0 Å². The van der Waals surface area contributed by atoms with Crippen LogP contribution in [0.15, 0.2) is 30.5 Å². The molecule has 2 rings (SSSR count). The lowest BCUT2D eigenvalue weighted by Crippen LogP contribution is -1.90. The van der Waals surface area contributed by atoms with Gasteiger partial charge in [-0.25, -0.2) is 0 Å². The first-order valence-electron chi connectivity index (χ1n) is 4.49. The molecule has 0 saturated carbocycles. The predicted octanol–water partition coefficient (Wildman–Crippen LogP) is 2.16. The number of benzene rings is 1. The minimum absolute atomic E-state index is 0.864. The zero-order valence-corrected chi connectivity index (χ0v) is 8.23. The number of hydrogen-bond acceptors (Lipinski definition) is 3. The summed E-state index contributed by atoms with van der Waals surface area (Å²) >= 11 is 0. The first-order valence-corrected chi connectivity index (χ1v) is 4.49. The van der Waals surface area contributed by atoms with E-state index in [9.17, 15) is 0 Å². The minimum atomic E-state index is 0.864. The highest BCUT2D eigenvalue weighted by Crippen LogP contribution is 2.18. The molecule has 0 saturated heterocycles. The second-order valence-electron chi connectivity index (χ2n) is 3.30. The number of aromatic nitrogens is 3. The summed E-state index contributed by atoms with van der Waals surface area (Å²) in [6, 6.07) is 8.11. The smallest absolute Gasteiger partial charge is 0.0963 e. The van der Waals surface area contributed by atoms with E-state index < -0.39 is 0 Å². The van der Waals surface area contributed by atoms with Gasteiger partial charge in [-0.1, -0.05) is 12.1 Å². The molecule has 0 unspecified atom stereocenters. The van der Waals surface area contributed by atoms with Gasteiger partial charge in [0.05, 0.1) is 11.9 Å². The molecule has 0 N–H and O–H groups in total. The summed E-state index contributed by atoms with van der Waals surface area (Å²) < 4.78 is 0. The molecule has 0 aliphatic rings. The van der Waals surface area contributed by atoms with Gasteiger partial charge in [0, 0.05) is 5.56 Å². The molecule has 0 atom stereocenters. The third-order valence-corrected chi connectivity index (χ3v) is 2.31. The van der Waals surface area contributed by atoms with E-state index in [-0.39, 0.29) is 0 Å². The average molecular weight is 185 g/mol. The lowest BCUT2D eigenvalue weighted by Gasteiger charge is -2.03. The van der Waals surface area contributed by atoms with Crippen LogP contribution in [-0.2, 0) is 0 Å². The van der Waals surface area contributed by atoms with Crippen LogP contribution in [0, 0.1) is 13.8 Å². The molecule has 0 amide bonds. The first-order chi connectivity index (χ1) is 6.77. The van der Waals surface area contributed by atoms with Crippen LogP contribution in [0.25, 0.3) is 11.3 Å². The molecule has 2 aromatic rings. The molecule has 14 heavy (non-hydrogen) atoms.